The first-order valence-electron chi connectivity index (χ1n) is 5.24. The van der Waals surface area contributed by atoms with Crippen molar-refractivity contribution in [2.75, 3.05) is 11.1 Å². The highest BCUT2D eigenvalue weighted by atomic mass is 79.9. The van der Waals surface area contributed by atoms with Crippen LogP contribution in [0.3, 0.4) is 0 Å². The minimum Gasteiger partial charge on any atom is -0.444 e. The summed E-state index contributed by atoms with van der Waals surface area (Å²) in [6.45, 7) is 7.33. The highest BCUT2D eigenvalue weighted by Crippen LogP contribution is 2.28. The van der Waals surface area contributed by atoms with Crippen LogP contribution < -0.4 is 11.1 Å². The van der Waals surface area contributed by atoms with E-state index in [0.717, 1.165) is 10.0 Å². The maximum absolute atomic E-state index is 11.6. The van der Waals surface area contributed by atoms with Crippen molar-refractivity contribution in [2.24, 2.45) is 0 Å². The normalized spacial score (nSPS) is 11.1. The molecule has 1 aromatic carbocycles. The number of aryl methyl sites for hydroxylation is 1. The Balaban J connectivity index is 2.82. The average molecular weight is 301 g/mol. The van der Waals surface area contributed by atoms with Crippen LogP contribution in [0.5, 0.6) is 0 Å². The molecule has 1 aromatic rings. The number of amides is 1. The van der Waals surface area contributed by atoms with Gasteiger partial charge in [0.2, 0.25) is 0 Å². The Morgan fingerprint density at radius 3 is 2.53 bits per heavy atom. The van der Waals surface area contributed by atoms with Crippen molar-refractivity contribution in [2.45, 2.75) is 33.3 Å². The molecule has 0 bridgehead atoms. The minimum atomic E-state index is -0.521. The molecule has 17 heavy (non-hydrogen) atoms. The second kappa shape index (κ2) is 4.96. The third-order valence-electron chi connectivity index (χ3n) is 1.99. The van der Waals surface area contributed by atoms with Crippen molar-refractivity contribution in [3.63, 3.8) is 0 Å². The third-order valence-corrected chi connectivity index (χ3v) is 2.65. The van der Waals surface area contributed by atoms with Gasteiger partial charge in [0.1, 0.15) is 5.60 Å². The predicted octanol–water partition coefficient (Wildman–Crippen LogP) is 3.69. The number of nitrogens with one attached hydrogen (secondary N) is 1. The largest absolute Gasteiger partial charge is 0.444 e. The number of ether oxygens (including phenoxy) is 1. The molecule has 4 nitrogen and oxygen atoms in total. The van der Waals surface area contributed by atoms with E-state index in [9.17, 15) is 4.79 Å². The van der Waals surface area contributed by atoms with Crippen molar-refractivity contribution in [1.82, 2.24) is 0 Å². The van der Waals surface area contributed by atoms with Crippen LogP contribution in [0, 0.1) is 6.92 Å². The van der Waals surface area contributed by atoms with E-state index in [4.69, 9.17) is 10.5 Å². The summed E-state index contributed by atoms with van der Waals surface area (Å²) in [6, 6.07) is 3.55. The molecule has 0 aliphatic heterocycles. The Bertz CT molecular complexity index is 439. The standard InChI is InChI=1S/C12H17BrN2O2/c1-7-5-8(13)10(6-9(7)14)15-11(16)17-12(2,3)4/h5-6H,14H2,1-4H3,(H,15,16). The van der Waals surface area contributed by atoms with E-state index < -0.39 is 11.7 Å². The summed E-state index contributed by atoms with van der Waals surface area (Å²) in [5.74, 6) is 0. The highest BCUT2D eigenvalue weighted by molar-refractivity contribution is 9.10. The molecule has 3 N–H and O–H groups in total. The van der Waals surface area contributed by atoms with E-state index in [2.05, 4.69) is 21.2 Å². The Morgan fingerprint density at radius 2 is 2.00 bits per heavy atom. The molecule has 0 radical (unpaired) electrons. The molecule has 0 fully saturated rings. The van der Waals surface area contributed by atoms with Gasteiger partial charge >= 0.3 is 6.09 Å². The van der Waals surface area contributed by atoms with E-state index in [1.807, 2.05) is 33.8 Å². The third kappa shape index (κ3) is 4.26. The fourth-order valence-electron chi connectivity index (χ4n) is 1.20. The lowest BCUT2D eigenvalue weighted by molar-refractivity contribution is 0.0636. The monoisotopic (exact) mass is 300 g/mol. The lowest BCUT2D eigenvalue weighted by Crippen LogP contribution is -2.27. The number of nitrogen functional groups attached to an aromatic ring is 1. The van der Waals surface area contributed by atoms with Gasteiger partial charge in [-0.2, -0.15) is 0 Å². The zero-order chi connectivity index (χ0) is 13.2. The van der Waals surface area contributed by atoms with Gasteiger partial charge in [0.15, 0.2) is 0 Å². The summed E-state index contributed by atoms with van der Waals surface area (Å²) < 4.78 is 5.93. The van der Waals surface area contributed by atoms with E-state index >= 15 is 0 Å². The molecule has 0 aliphatic rings. The molecule has 0 saturated heterocycles. The zero-order valence-electron chi connectivity index (χ0n) is 10.4. The fourth-order valence-corrected chi connectivity index (χ4v) is 1.76. The van der Waals surface area contributed by atoms with Crippen LogP contribution >= 0.6 is 15.9 Å². The number of hydrogen-bond acceptors (Lipinski definition) is 3. The first kappa shape index (κ1) is 13.8. The van der Waals surface area contributed by atoms with Crippen molar-refractivity contribution in [3.8, 4) is 0 Å². The Morgan fingerprint density at radius 1 is 1.41 bits per heavy atom. The van der Waals surface area contributed by atoms with Crippen LogP contribution in [0.2, 0.25) is 0 Å². The lowest BCUT2D eigenvalue weighted by Gasteiger charge is -2.20. The Hall–Kier alpha value is -1.23. The van der Waals surface area contributed by atoms with Crippen LogP contribution in [0.25, 0.3) is 0 Å². The van der Waals surface area contributed by atoms with Gasteiger partial charge in [-0.05, 0) is 61.3 Å². The maximum atomic E-state index is 11.6. The summed E-state index contributed by atoms with van der Waals surface area (Å²) in [7, 11) is 0. The SMILES string of the molecule is Cc1cc(Br)c(NC(=O)OC(C)(C)C)cc1N. The van der Waals surface area contributed by atoms with Gasteiger partial charge < -0.3 is 10.5 Å². The van der Waals surface area contributed by atoms with Crippen molar-refractivity contribution < 1.29 is 9.53 Å². The molecular weight excluding hydrogens is 284 g/mol. The fraction of sp³-hybridized carbons (Fsp3) is 0.417. The van der Waals surface area contributed by atoms with Crippen molar-refractivity contribution in [1.29, 1.82) is 0 Å². The Labute approximate surface area is 110 Å². The van der Waals surface area contributed by atoms with Crippen LogP contribution in [0.4, 0.5) is 16.2 Å². The number of benzene rings is 1. The van der Waals surface area contributed by atoms with E-state index in [1.54, 1.807) is 6.07 Å². The van der Waals surface area contributed by atoms with E-state index in [-0.39, 0.29) is 0 Å². The highest BCUT2D eigenvalue weighted by Gasteiger charge is 2.17. The van der Waals surface area contributed by atoms with Crippen LogP contribution in [-0.4, -0.2) is 11.7 Å². The minimum absolute atomic E-state index is 0.499. The number of halogens is 1. The number of hydrogen-bond donors (Lipinski definition) is 2. The van der Waals surface area contributed by atoms with Gasteiger partial charge in [-0.1, -0.05) is 0 Å². The van der Waals surface area contributed by atoms with Crippen LogP contribution in [0.1, 0.15) is 26.3 Å². The average Bonchev–Trinajstić information content (AvgIpc) is 2.11. The second-order valence-corrected chi connectivity index (χ2v) is 5.67. The quantitative estimate of drug-likeness (QED) is 0.778. The number of rotatable bonds is 1. The number of carbonyl (C=O) groups is 1. The summed E-state index contributed by atoms with van der Waals surface area (Å²) in [5.41, 5.74) is 7.43. The number of anilines is 2. The van der Waals surface area contributed by atoms with Crippen LogP contribution in [-0.2, 0) is 4.74 Å². The first-order chi connectivity index (χ1) is 7.69. The van der Waals surface area contributed by atoms with Gasteiger partial charge in [-0.25, -0.2) is 4.79 Å². The van der Waals surface area contributed by atoms with Crippen molar-refractivity contribution >= 4 is 33.4 Å². The predicted molar refractivity (Wildman–Crippen MR) is 73.1 cm³/mol. The summed E-state index contributed by atoms with van der Waals surface area (Å²) in [5, 5.41) is 2.65. The second-order valence-electron chi connectivity index (χ2n) is 4.82. The first-order valence-corrected chi connectivity index (χ1v) is 6.04. The van der Waals surface area contributed by atoms with Gasteiger partial charge in [-0.3, -0.25) is 5.32 Å². The summed E-state index contributed by atoms with van der Waals surface area (Å²) in [6.07, 6.45) is -0.499. The zero-order valence-corrected chi connectivity index (χ0v) is 12.0. The molecule has 0 aromatic heterocycles. The molecule has 0 saturated carbocycles. The van der Waals surface area contributed by atoms with Gasteiger partial charge in [0.25, 0.3) is 0 Å². The topological polar surface area (TPSA) is 64.3 Å². The number of nitrogens with two attached hydrogens (primary N) is 1. The van der Waals surface area contributed by atoms with Gasteiger partial charge in [0.05, 0.1) is 5.69 Å². The van der Waals surface area contributed by atoms with E-state index in [1.165, 1.54) is 0 Å². The molecule has 0 aliphatic carbocycles. The molecular formula is C12H17BrN2O2. The maximum Gasteiger partial charge on any atom is 0.412 e. The summed E-state index contributed by atoms with van der Waals surface area (Å²) in [4.78, 5) is 11.6. The summed E-state index contributed by atoms with van der Waals surface area (Å²) >= 11 is 3.36. The van der Waals surface area contributed by atoms with E-state index in [0.29, 0.717) is 11.4 Å². The smallest absolute Gasteiger partial charge is 0.412 e. The van der Waals surface area contributed by atoms with Crippen LogP contribution in [0.15, 0.2) is 16.6 Å². The molecule has 1 rings (SSSR count). The molecule has 0 unspecified atom stereocenters. The lowest BCUT2D eigenvalue weighted by atomic mass is 10.2. The Kier molecular flexibility index (Phi) is 4.03. The molecule has 94 valence electrons. The molecule has 0 spiro atoms. The van der Waals surface area contributed by atoms with Crippen molar-refractivity contribution in [3.05, 3.63) is 22.2 Å². The van der Waals surface area contributed by atoms with Gasteiger partial charge in [0, 0.05) is 10.2 Å². The molecule has 1 amide bonds. The number of carbonyl (C=O) groups excluding carboxylic acids is 1. The molecule has 0 atom stereocenters. The van der Waals surface area contributed by atoms with Gasteiger partial charge in [-0.15, -0.1) is 0 Å². The molecule has 0 heterocycles. The molecule has 5 heteroatoms.